The molecule has 0 fully saturated rings. The standard InChI is InChI=1S/C14H12ClNO2/c1-17-11-4-2-9-8-16-12-6-10(15)3-5-13(12)18-14(9)7-11/h2-7,16H,8H2,1H3. The second-order valence-electron chi connectivity index (χ2n) is 4.07. The van der Waals surface area contributed by atoms with E-state index < -0.39 is 0 Å². The van der Waals surface area contributed by atoms with E-state index in [1.54, 1.807) is 7.11 Å². The van der Waals surface area contributed by atoms with Gasteiger partial charge in [0.15, 0.2) is 5.75 Å². The molecular formula is C14H12ClNO2. The Hall–Kier alpha value is -1.87. The molecule has 2 aromatic carbocycles. The summed E-state index contributed by atoms with van der Waals surface area (Å²) in [6.07, 6.45) is 0. The van der Waals surface area contributed by atoms with Crippen molar-refractivity contribution in [2.75, 3.05) is 12.4 Å². The maximum Gasteiger partial charge on any atom is 0.150 e. The van der Waals surface area contributed by atoms with Gasteiger partial charge in [-0.25, -0.2) is 0 Å². The molecule has 1 N–H and O–H groups in total. The van der Waals surface area contributed by atoms with E-state index in [2.05, 4.69) is 5.32 Å². The Labute approximate surface area is 110 Å². The van der Waals surface area contributed by atoms with Crippen LogP contribution in [0.25, 0.3) is 0 Å². The smallest absolute Gasteiger partial charge is 0.150 e. The highest BCUT2D eigenvalue weighted by Crippen LogP contribution is 2.38. The SMILES string of the molecule is COc1ccc2c(c1)Oc1ccc(Cl)cc1NC2. The van der Waals surface area contributed by atoms with Crippen LogP contribution in [-0.4, -0.2) is 7.11 Å². The monoisotopic (exact) mass is 261 g/mol. The van der Waals surface area contributed by atoms with Crippen LogP contribution in [0.4, 0.5) is 5.69 Å². The number of halogens is 1. The van der Waals surface area contributed by atoms with E-state index in [4.69, 9.17) is 21.1 Å². The van der Waals surface area contributed by atoms with E-state index in [-0.39, 0.29) is 0 Å². The van der Waals surface area contributed by atoms with Crippen molar-refractivity contribution in [2.24, 2.45) is 0 Å². The van der Waals surface area contributed by atoms with E-state index >= 15 is 0 Å². The summed E-state index contributed by atoms with van der Waals surface area (Å²) in [6.45, 7) is 0.701. The molecule has 3 nitrogen and oxygen atoms in total. The fraction of sp³-hybridized carbons (Fsp3) is 0.143. The fourth-order valence-corrected chi connectivity index (χ4v) is 2.11. The van der Waals surface area contributed by atoms with Gasteiger partial charge in [-0.1, -0.05) is 11.6 Å². The predicted molar refractivity (Wildman–Crippen MR) is 71.8 cm³/mol. The normalized spacial score (nSPS) is 12.6. The molecule has 0 saturated carbocycles. The van der Waals surface area contributed by atoms with E-state index in [9.17, 15) is 0 Å². The molecule has 92 valence electrons. The third-order valence-electron chi connectivity index (χ3n) is 2.91. The Morgan fingerprint density at radius 3 is 2.89 bits per heavy atom. The molecule has 0 aromatic heterocycles. The minimum Gasteiger partial charge on any atom is -0.497 e. The van der Waals surface area contributed by atoms with Gasteiger partial charge in [-0.05, 0) is 30.3 Å². The Balaban J connectivity index is 2.04. The van der Waals surface area contributed by atoms with E-state index in [1.807, 2.05) is 36.4 Å². The zero-order valence-electron chi connectivity index (χ0n) is 9.87. The lowest BCUT2D eigenvalue weighted by molar-refractivity contribution is 0.409. The minimum atomic E-state index is 0.688. The first kappa shape index (κ1) is 11.2. The van der Waals surface area contributed by atoms with Gasteiger partial charge in [0.05, 0.1) is 12.8 Å². The van der Waals surface area contributed by atoms with Crippen LogP contribution in [0.2, 0.25) is 5.02 Å². The summed E-state index contributed by atoms with van der Waals surface area (Å²) in [5.41, 5.74) is 1.99. The lowest BCUT2D eigenvalue weighted by Gasteiger charge is -2.09. The second-order valence-corrected chi connectivity index (χ2v) is 4.51. The van der Waals surface area contributed by atoms with Gasteiger partial charge in [-0.2, -0.15) is 0 Å². The highest BCUT2D eigenvalue weighted by Gasteiger charge is 2.15. The number of rotatable bonds is 1. The average Bonchev–Trinajstić information content (AvgIpc) is 2.56. The maximum absolute atomic E-state index is 5.97. The van der Waals surface area contributed by atoms with Gasteiger partial charge >= 0.3 is 0 Å². The van der Waals surface area contributed by atoms with Crippen LogP contribution >= 0.6 is 11.6 Å². The molecular weight excluding hydrogens is 250 g/mol. The van der Waals surface area contributed by atoms with Crippen LogP contribution in [0.1, 0.15) is 5.56 Å². The van der Waals surface area contributed by atoms with Crippen molar-refractivity contribution in [3.05, 3.63) is 47.0 Å². The number of ether oxygens (including phenoxy) is 2. The van der Waals surface area contributed by atoms with Crippen LogP contribution in [0.3, 0.4) is 0 Å². The number of hydrogen-bond acceptors (Lipinski definition) is 3. The lowest BCUT2D eigenvalue weighted by Crippen LogP contribution is -1.97. The van der Waals surface area contributed by atoms with Crippen LogP contribution in [-0.2, 0) is 6.54 Å². The lowest BCUT2D eigenvalue weighted by atomic mass is 10.2. The molecule has 4 heteroatoms. The molecule has 0 aliphatic carbocycles. The van der Waals surface area contributed by atoms with Crippen molar-refractivity contribution < 1.29 is 9.47 Å². The molecule has 3 rings (SSSR count). The molecule has 0 saturated heterocycles. The largest absolute Gasteiger partial charge is 0.497 e. The minimum absolute atomic E-state index is 0.688. The molecule has 1 aliphatic rings. The highest BCUT2D eigenvalue weighted by atomic mass is 35.5. The van der Waals surface area contributed by atoms with E-state index in [1.165, 1.54) is 0 Å². The Morgan fingerprint density at radius 2 is 2.06 bits per heavy atom. The van der Waals surface area contributed by atoms with Crippen molar-refractivity contribution in [1.29, 1.82) is 0 Å². The summed E-state index contributed by atoms with van der Waals surface area (Å²) in [5, 5.41) is 4.00. The predicted octanol–water partition coefficient (Wildman–Crippen LogP) is 4.07. The third kappa shape index (κ3) is 1.97. The van der Waals surface area contributed by atoms with Crippen molar-refractivity contribution in [2.45, 2.75) is 6.54 Å². The van der Waals surface area contributed by atoms with Crippen molar-refractivity contribution >= 4 is 17.3 Å². The van der Waals surface area contributed by atoms with Crippen LogP contribution < -0.4 is 14.8 Å². The van der Waals surface area contributed by atoms with Crippen LogP contribution in [0.5, 0.6) is 17.2 Å². The molecule has 0 bridgehead atoms. The summed E-state index contributed by atoms with van der Waals surface area (Å²) in [5.74, 6) is 2.36. The number of anilines is 1. The van der Waals surface area contributed by atoms with Crippen molar-refractivity contribution in [3.8, 4) is 17.2 Å². The highest BCUT2D eigenvalue weighted by molar-refractivity contribution is 6.30. The molecule has 0 amide bonds. The van der Waals surface area contributed by atoms with Gasteiger partial charge in [0.2, 0.25) is 0 Å². The summed E-state index contributed by atoms with van der Waals surface area (Å²) in [6, 6.07) is 11.3. The second kappa shape index (κ2) is 4.42. The van der Waals surface area contributed by atoms with Crippen molar-refractivity contribution in [1.82, 2.24) is 0 Å². The Bertz CT molecular complexity index is 598. The molecule has 1 heterocycles. The quantitative estimate of drug-likeness (QED) is 0.839. The molecule has 0 radical (unpaired) electrons. The number of benzene rings is 2. The number of nitrogens with one attached hydrogen (secondary N) is 1. The zero-order valence-corrected chi connectivity index (χ0v) is 10.6. The first-order valence-electron chi connectivity index (χ1n) is 5.64. The van der Waals surface area contributed by atoms with Gasteiger partial charge in [0, 0.05) is 23.2 Å². The summed E-state index contributed by atoms with van der Waals surface area (Å²) >= 11 is 5.97. The van der Waals surface area contributed by atoms with Crippen LogP contribution in [0, 0.1) is 0 Å². The topological polar surface area (TPSA) is 30.5 Å². The molecule has 2 aromatic rings. The number of fused-ring (bicyclic) bond motifs is 2. The van der Waals surface area contributed by atoms with Gasteiger partial charge in [-0.3, -0.25) is 0 Å². The van der Waals surface area contributed by atoms with E-state index in [0.717, 1.165) is 28.5 Å². The average molecular weight is 262 g/mol. The summed E-state index contributed by atoms with van der Waals surface area (Å²) < 4.78 is 11.1. The summed E-state index contributed by atoms with van der Waals surface area (Å²) in [4.78, 5) is 0. The first-order chi connectivity index (χ1) is 8.76. The molecule has 0 atom stereocenters. The number of hydrogen-bond donors (Lipinski definition) is 1. The molecule has 0 unspecified atom stereocenters. The van der Waals surface area contributed by atoms with Crippen molar-refractivity contribution in [3.63, 3.8) is 0 Å². The Kier molecular flexibility index (Phi) is 2.76. The van der Waals surface area contributed by atoms with E-state index in [0.29, 0.717) is 11.6 Å². The first-order valence-corrected chi connectivity index (χ1v) is 6.02. The van der Waals surface area contributed by atoms with Gasteiger partial charge in [0.1, 0.15) is 11.5 Å². The maximum atomic E-state index is 5.97. The molecule has 1 aliphatic heterocycles. The van der Waals surface area contributed by atoms with Gasteiger partial charge in [0.25, 0.3) is 0 Å². The Morgan fingerprint density at radius 1 is 1.17 bits per heavy atom. The number of methoxy groups -OCH3 is 1. The van der Waals surface area contributed by atoms with Gasteiger partial charge in [-0.15, -0.1) is 0 Å². The summed E-state index contributed by atoms with van der Waals surface area (Å²) in [7, 11) is 1.64. The van der Waals surface area contributed by atoms with Gasteiger partial charge < -0.3 is 14.8 Å². The van der Waals surface area contributed by atoms with Crippen LogP contribution in [0.15, 0.2) is 36.4 Å². The zero-order chi connectivity index (χ0) is 12.5. The third-order valence-corrected chi connectivity index (χ3v) is 3.14. The molecule has 0 spiro atoms. The fourth-order valence-electron chi connectivity index (χ4n) is 1.94. The molecule has 18 heavy (non-hydrogen) atoms.